The maximum atomic E-state index is 14.9. The first-order valence-electron chi connectivity index (χ1n) is 13.8. The maximum absolute atomic E-state index is 14.9. The molecule has 2 saturated carbocycles. The first-order valence-corrected chi connectivity index (χ1v) is 13.8. The van der Waals surface area contributed by atoms with Crippen molar-refractivity contribution in [3.63, 3.8) is 0 Å². The molecule has 2 fully saturated rings. The smallest absolute Gasteiger partial charge is 0.201 e. The Hall–Kier alpha value is -1.90. The van der Waals surface area contributed by atoms with Gasteiger partial charge in [-0.1, -0.05) is 76.2 Å². The number of unbranched alkanes of at least 4 members (excludes halogenated alkanes) is 4. The molecule has 0 amide bonds. The average Bonchev–Trinajstić information content (AvgIpc) is 2.86. The molecule has 0 spiro atoms. The Labute approximate surface area is 205 Å². The Bertz CT molecular complexity index is 966. The zero-order chi connectivity index (χ0) is 23.9. The van der Waals surface area contributed by atoms with Crippen LogP contribution in [0, 0.1) is 29.4 Å². The second-order valence-corrected chi connectivity index (χ2v) is 10.8. The quantitative estimate of drug-likeness (QED) is 0.249. The minimum absolute atomic E-state index is 0.0153. The summed E-state index contributed by atoms with van der Waals surface area (Å²) in [6.45, 7) is 4.39. The van der Waals surface area contributed by atoms with Gasteiger partial charge in [0.15, 0.2) is 11.6 Å². The summed E-state index contributed by atoms with van der Waals surface area (Å²) in [5.74, 6) is 1.38. The van der Waals surface area contributed by atoms with Gasteiger partial charge < -0.3 is 4.74 Å². The van der Waals surface area contributed by atoms with Gasteiger partial charge in [-0.2, -0.15) is 4.39 Å². The molecule has 0 heterocycles. The minimum Gasteiger partial charge on any atom is -0.486 e. The maximum Gasteiger partial charge on any atom is 0.201 e. The highest BCUT2D eigenvalue weighted by molar-refractivity contribution is 5.85. The van der Waals surface area contributed by atoms with Gasteiger partial charge in [0.2, 0.25) is 5.82 Å². The van der Waals surface area contributed by atoms with Crippen LogP contribution in [0.1, 0.15) is 102 Å². The third-order valence-corrected chi connectivity index (χ3v) is 8.49. The van der Waals surface area contributed by atoms with Gasteiger partial charge >= 0.3 is 0 Å². The Balaban J connectivity index is 1.37. The van der Waals surface area contributed by atoms with E-state index in [2.05, 4.69) is 13.0 Å². The van der Waals surface area contributed by atoms with E-state index in [0.717, 1.165) is 17.8 Å². The summed E-state index contributed by atoms with van der Waals surface area (Å²) in [4.78, 5) is 0. The first kappa shape index (κ1) is 25.2. The molecule has 2 aromatic carbocycles. The summed E-state index contributed by atoms with van der Waals surface area (Å²) in [5.41, 5.74) is 1.17. The minimum atomic E-state index is -0.883. The van der Waals surface area contributed by atoms with Crippen molar-refractivity contribution in [2.45, 2.75) is 96.8 Å². The molecular formula is C31H42F2O. The number of benzene rings is 2. The molecule has 3 heteroatoms. The Morgan fingerprint density at radius 2 is 1.71 bits per heavy atom. The molecule has 4 rings (SSSR count). The molecule has 2 unspecified atom stereocenters. The van der Waals surface area contributed by atoms with Crippen LogP contribution in [-0.2, 0) is 0 Å². The van der Waals surface area contributed by atoms with E-state index in [0.29, 0.717) is 16.7 Å². The molecule has 2 aliphatic rings. The number of hydrogen-bond acceptors (Lipinski definition) is 1. The molecule has 0 saturated heterocycles. The molecule has 2 aliphatic carbocycles. The van der Waals surface area contributed by atoms with Crippen LogP contribution < -0.4 is 4.74 Å². The number of rotatable bonds is 10. The lowest BCUT2D eigenvalue weighted by Crippen LogP contribution is -2.30. The number of halogens is 2. The van der Waals surface area contributed by atoms with Gasteiger partial charge in [-0.15, -0.1) is 0 Å². The van der Waals surface area contributed by atoms with Crippen molar-refractivity contribution in [1.82, 2.24) is 0 Å². The summed E-state index contributed by atoms with van der Waals surface area (Å²) in [6, 6.07) is 7.59. The fraction of sp³-hybridized carbons (Fsp3) is 0.613. The van der Waals surface area contributed by atoms with Crippen LogP contribution in [0.15, 0.2) is 36.4 Å². The molecule has 34 heavy (non-hydrogen) atoms. The highest BCUT2D eigenvalue weighted by Crippen LogP contribution is 2.48. The number of ether oxygens (including phenoxy) is 1. The molecule has 1 nitrogen and oxygen atoms in total. The Morgan fingerprint density at radius 1 is 0.912 bits per heavy atom. The van der Waals surface area contributed by atoms with Crippen molar-refractivity contribution < 1.29 is 13.5 Å². The molecule has 0 aliphatic heterocycles. The third-order valence-electron chi connectivity index (χ3n) is 8.49. The molecule has 0 N–H and O–H groups in total. The van der Waals surface area contributed by atoms with Crippen molar-refractivity contribution in [1.29, 1.82) is 0 Å². The second-order valence-electron chi connectivity index (χ2n) is 10.8. The Kier molecular flexibility index (Phi) is 9.03. The number of fused-ring (bicyclic) bond motifs is 2. The Morgan fingerprint density at radius 3 is 2.53 bits per heavy atom. The van der Waals surface area contributed by atoms with Crippen LogP contribution in [0.2, 0.25) is 0 Å². The fourth-order valence-corrected chi connectivity index (χ4v) is 6.50. The summed E-state index contributed by atoms with van der Waals surface area (Å²) in [5, 5.41) is 1.08. The van der Waals surface area contributed by atoms with E-state index in [1.165, 1.54) is 82.6 Å². The topological polar surface area (TPSA) is 9.23 Å². The van der Waals surface area contributed by atoms with Gasteiger partial charge in [-0.25, -0.2) is 4.39 Å². The highest BCUT2D eigenvalue weighted by Gasteiger charge is 2.36. The van der Waals surface area contributed by atoms with E-state index in [1.54, 1.807) is 12.1 Å². The van der Waals surface area contributed by atoms with Gasteiger partial charge in [-0.3, -0.25) is 0 Å². The standard InChI is InChI=1S/C31H42F2O/c1-3-5-7-8-9-10-22-11-12-24-19-25(14-13-23(24)18-22)26-15-16-27-21-29(34-17-6-4-2)31(33)30(32)28(27)20-26/h4,6,15-16,20-25H,3,5,7-14,17-19H2,1-2H3/b6-4+/t22?,23-,24?,25-/m1/s1. The van der Waals surface area contributed by atoms with Crippen molar-refractivity contribution in [2.75, 3.05) is 6.61 Å². The van der Waals surface area contributed by atoms with Crippen molar-refractivity contribution >= 4 is 10.8 Å². The normalized spacial score (nSPS) is 25.1. The van der Waals surface area contributed by atoms with E-state index >= 15 is 0 Å². The van der Waals surface area contributed by atoms with Gasteiger partial charge in [0.1, 0.15) is 6.61 Å². The summed E-state index contributed by atoms with van der Waals surface area (Å²) < 4.78 is 35.0. The second kappa shape index (κ2) is 12.2. The van der Waals surface area contributed by atoms with Gasteiger partial charge in [-0.05, 0) is 85.8 Å². The van der Waals surface area contributed by atoms with E-state index in [1.807, 2.05) is 25.1 Å². The predicted molar refractivity (Wildman–Crippen MR) is 138 cm³/mol. The lowest BCUT2D eigenvalue weighted by atomic mass is 9.63. The van der Waals surface area contributed by atoms with E-state index < -0.39 is 11.6 Å². The van der Waals surface area contributed by atoms with Gasteiger partial charge in [0, 0.05) is 5.39 Å². The molecule has 0 aromatic heterocycles. The number of allylic oxidation sites excluding steroid dienone is 1. The predicted octanol–water partition coefficient (Wildman–Crippen LogP) is 9.73. The van der Waals surface area contributed by atoms with E-state index in [4.69, 9.17) is 4.74 Å². The van der Waals surface area contributed by atoms with Gasteiger partial charge in [0.25, 0.3) is 0 Å². The van der Waals surface area contributed by atoms with Crippen LogP contribution >= 0.6 is 0 Å². The zero-order valence-corrected chi connectivity index (χ0v) is 21.1. The molecule has 0 bridgehead atoms. The summed E-state index contributed by atoms with van der Waals surface area (Å²) >= 11 is 0. The molecule has 2 aromatic rings. The van der Waals surface area contributed by atoms with Crippen molar-refractivity contribution in [3.8, 4) is 5.75 Å². The molecule has 0 radical (unpaired) electrons. The van der Waals surface area contributed by atoms with Crippen LogP contribution in [0.25, 0.3) is 10.8 Å². The van der Waals surface area contributed by atoms with Crippen LogP contribution in [0.4, 0.5) is 8.78 Å². The van der Waals surface area contributed by atoms with E-state index in [-0.39, 0.29) is 12.4 Å². The monoisotopic (exact) mass is 468 g/mol. The van der Waals surface area contributed by atoms with Gasteiger partial charge in [0.05, 0.1) is 0 Å². The summed E-state index contributed by atoms with van der Waals surface area (Å²) in [7, 11) is 0. The highest BCUT2D eigenvalue weighted by atomic mass is 19.2. The summed E-state index contributed by atoms with van der Waals surface area (Å²) in [6.07, 6.45) is 19.8. The first-order chi connectivity index (χ1) is 16.6. The van der Waals surface area contributed by atoms with E-state index in [9.17, 15) is 8.78 Å². The van der Waals surface area contributed by atoms with Crippen LogP contribution in [0.3, 0.4) is 0 Å². The zero-order valence-electron chi connectivity index (χ0n) is 21.1. The lowest BCUT2D eigenvalue weighted by Gasteiger charge is -2.42. The SMILES string of the molecule is C/C=C/COc1cc2ccc([C@@H]3CC[C@@H]4CC(CCCCCCC)CCC4C3)cc2c(F)c1F. The lowest BCUT2D eigenvalue weighted by molar-refractivity contribution is 0.113. The molecular weight excluding hydrogens is 426 g/mol. The average molecular weight is 469 g/mol. The van der Waals surface area contributed by atoms with Crippen molar-refractivity contribution in [3.05, 3.63) is 53.6 Å². The molecule has 4 atom stereocenters. The number of hydrogen-bond donors (Lipinski definition) is 0. The largest absolute Gasteiger partial charge is 0.486 e. The van der Waals surface area contributed by atoms with Crippen LogP contribution in [0.5, 0.6) is 5.75 Å². The van der Waals surface area contributed by atoms with Crippen molar-refractivity contribution in [2.24, 2.45) is 17.8 Å². The van der Waals surface area contributed by atoms with Crippen LogP contribution in [-0.4, -0.2) is 6.61 Å². The fourth-order valence-electron chi connectivity index (χ4n) is 6.50. The molecule has 186 valence electrons. The third kappa shape index (κ3) is 6.01.